The number of hydrogen-bond acceptors (Lipinski definition) is 0. The van der Waals surface area contributed by atoms with Crippen LogP contribution < -0.4 is 0 Å². The zero-order chi connectivity index (χ0) is 9.03. The molecule has 1 aromatic carbocycles. The molecule has 0 heterocycles. The van der Waals surface area contributed by atoms with Crippen LogP contribution in [0.15, 0.2) is 30.3 Å². The Morgan fingerprint density at radius 3 is 2.00 bits per heavy atom. The van der Waals surface area contributed by atoms with Gasteiger partial charge in [0, 0.05) is 10.2 Å². The molecular weight excluding hydrogens is 160 g/mol. The smallest absolute Gasteiger partial charge is 0.0162 e. The second kappa shape index (κ2) is 3.90. The van der Waals surface area contributed by atoms with E-state index in [-0.39, 0.29) is 0 Å². The summed E-state index contributed by atoms with van der Waals surface area (Å²) in [4.78, 5) is 0. The molecule has 0 radical (unpaired) electrons. The van der Waals surface area contributed by atoms with Crippen molar-refractivity contribution in [3.63, 3.8) is 0 Å². The van der Waals surface area contributed by atoms with Gasteiger partial charge in [0.15, 0.2) is 0 Å². The predicted octanol–water partition coefficient (Wildman–Crippen LogP) is 2.07. The SMILES string of the molecule is CCC([SiH3])(CC)c1ccccc1. The van der Waals surface area contributed by atoms with E-state index in [4.69, 9.17) is 0 Å². The minimum absolute atomic E-state index is 0.515. The Kier molecular flexibility index (Phi) is 3.10. The first-order valence-corrected chi connectivity index (χ1v) is 5.78. The van der Waals surface area contributed by atoms with Gasteiger partial charge in [0.2, 0.25) is 0 Å². The van der Waals surface area contributed by atoms with E-state index >= 15 is 0 Å². The topological polar surface area (TPSA) is 0 Å². The number of benzene rings is 1. The molecule has 0 aliphatic carbocycles. The van der Waals surface area contributed by atoms with E-state index in [1.807, 2.05) is 0 Å². The van der Waals surface area contributed by atoms with Crippen LogP contribution in [0.25, 0.3) is 0 Å². The third-order valence-electron chi connectivity index (χ3n) is 3.03. The van der Waals surface area contributed by atoms with Crippen LogP contribution >= 0.6 is 0 Å². The van der Waals surface area contributed by atoms with Crippen LogP contribution in [0.3, 0.4) is 0 Å². The summed E-state index contributed by atoms with van der Waals surface area (Å²) >= 11 is 0. The molecule has 0 saturated heterocycles. The van der Waals surface area contributed by atoms with Crippen molar-refractivity contribution in [3.8, 4) is 0 Å². The maximum absolute atomic E-state index is 2.30. The van der Waals surface area contributed by atoms with Gasteiger partial charge >= 0.3 is 0 Å². The molecule has 0 bridgehead atoms. The fraction of sp³-hybridized carbons (Fsp3) is 0.455. The molecular formula is C11H18Si. The first kappa shape index (κ1) is 9.52. The maximum Gasteiger partial charge on any atom is 0.0162 e. The van der Waals surface area contributed by atoms with Gasteiger partial charge < -0.3 is 0 Å². The summed E-state index contributed by atoms with van der Waals surface area (Å²) < 4.78 is 0. The van der Waals surface area contributed by atoms with Crippen molar-refractivity contribution in [1.29, 1.82) is 0 Å². The lowest BCUT2D eigenvalue weighted by Gasteiger charge is -2.27. The Balaban J connectivity index is 2.95. The standard InChI is InChI=1S/C11H18Si/c1-3-11(12,4-2)10-8-6-5-7-9-10/h5-9H,3-4H2,1-2,12H3. The molecule has 0 N–H and O–H groups in total. The van der Waals surface area contributed by atoms with Crippen molar-refractivity contribution in [1.82, 2.24) is 0 Å². The lowest BCUT2D eigenvalue weighted by Crippen LogP contribution is -2.24. The summed E-state index contributed by atoms with van der Waals surface area (Å²) in [6.07, 6.45) is 2.56. The zero-order valence-corrected chi connectivity index (χ0v) is 10.3. The summed E-state index contributed by atoms with van der Waals surface area (Å²) in [6.45, 7) is 4.59. The van der Waals surface area contributed by atoms with E-state index in [0.717, 1.165) is 0 Å². The van der Waals surface area contributed by atoms with Gasteiger partial charge in [0.1, 0.15) is 0 Å². The van der Waals surface area contributed by atoms with Crippen LogP contribution in [0.4, 0.5) is 0 Å². The fourth-order valence-corrected chi connectivity index (χ4v) is 1.83. The highest BCUT2D eigenvalue weighted by atomic mass is 28.1. The molecule has 1 aromatic rings. The Bertz CT molecular complexity index is 224. The van der Waals surface area contributed by atoms with E-state index in [2.05, 4.69) is 44.2 Å². The lowest BCUT2D eigenvalue weighted by atomic mass is 9.92. The van der Waals surface area contributed by atoms with Crippen molar-refractivity contribution < 1.29 is 0 Å². The third kappa shape index (κ3) is 1.78. The average Bonchev–Trinajstić information content (AvgIpc) is 2.18. The van der Waals surface area contributed by atoms with Crippen LogP contribution in [-0.2, 0) is 5.04 Å². The molecule has 0 unspecified atom stereocenters. The van der Waals surface area contributed by atoms with E-state index in [1.54, 1.807) is 0 Å². The molecule has 66 valence electrons. The Morgan fingerprint density at radius 2 is 1.58 bits per heavy atom. The normalized spacial score (nSPS) is 11.8. The number of rotatable bonds is 3. The highest BCUT2D eigenvalue weighted by Crippen LogP contribution is 2.27. The molecule has 0 saturated carbocycles. The highest BCUT2D eigenvalue weighted by Gasteiger charge is 2.20. The van der Waals surface area contributed by atoms with Gasteiger partial charge in [0.05, 0.1) is 0 Å². The van der Waals surface area contributed by atoms with Crippen molar-refractivity contribution in [2.75, 3.05) is 0 Å². The van der Waals surface area contributed by atoms with E-state index in [1.165, 1.54) is 28.6 Å². The largest absolute Gasteiger partial charge is 0.0648 e. The molecule has 1 rings (SSSR count). The fourth-order valence-electron chi connectivity index (χ4n) is 1.50. The summed E-state index contributed by atoms with van der Waals surface area (Å²) in [5.74, 6) is 0. The lowest BCUT2D eigenvalue weighted by molar-refractivity contribution is 0.565. The average molecular weight is 178 g/mol. The zero-order valence-electron chi connectivity index (χ0n) is 8.30. The van der Waals surface area contributed by atoms with Crippen molar-refractivity contribution >= 4 is 10.2 Å². The summed E-state index contributed by atoms with van der Waals surface area (Å²) in [6, 6.07) is 10.9. The molecule has 0 aliphatic rings. The van der Waals surface area contributed by atoms with Crippen LogP contribution in [-0.4, -0.2) is 10.2 Å². The van der Waals surface area contributed by atoms with Crippen molar-refractivity contribution in [3.05, 3.63) is 35.9 Å². The minimum atomic E-state index is 0.515. The first-order chi connectivity index (χ1) is 5.73. The van der Waals surface area contributed by atoms with Gasteiger partial charge in [-0.15, -0.1) is 0 Å². The predicted molar refractivity (Wildman–Crippen MR) is 58.6 cm³/mol. The van der Waals surface area contributed by atoms with Gasteiger partial charge in [-0.3, -0.25) is 0 Å². The summed E-state index contributed by atoms with van der Waals surface area (Å²) in [5.41, 5.74) is 1.53. The van der Waals surface area contributed by atoms with Crippen LogP contribution in [0, 0.1) is 0 Å². The van der Waals surface area contributed by atoms with Gasteiger partial charge in [-0.05, 0) is 23.4 Å². The van der Waals surface area contributed by atoms with E-state index in [0.29, 0.717) is 5.04 Å². The van der Waals surface area contributed by atoms with Gasteiger partial charge in [-0.1, -0.05) is 44.2 Å². The molecule has 0 fully saturated rings. The molecule has 0 aromatic heterocycles. The molecule has 0 nitrogen and oxygen atoms in total. The monoisotopic (exact) mass is 178 g/mol. The number of hydrogen-bond donors (Lipinski definition) is 0. The van der Waals surface area contributed by atoms with Crippen LogP contribution in [0.5, 0.6) is 0 Å². The van der Waals surface area contributed by atoms with Crippen molar-refractivity contribution in [2.24, 2.45) is 0 Å². The minimum Gasteiger partial charge on any atom is -0.0648 e. The molecule has 0 amide bonds. The Labute approximate surface area is 78.4 Å². The Hall–Kier alpha value is -0.563. The molecule has 12 heavy (non-hydrogen) atoms. The van der Waals surface area contributed by atoms with E-state index in [9.17, 15) is 0 Å². The summed E-state index contributed by atoms with van der Waals surface area (Å²) in [5, 5.41) is 0.515. The molecule has 0 atom stereocenters. The molecule has 0 aliphatic heterocycles. The van der Waals surface area contributed by atoms with Gasteiger partial charge in [0.25, 0.3) is 0 Å². The van der Waals surface area contributed by atoms with Gasteiger partial charge in [-0.2, -0.15) is 0 Å². The highest BCUT2D eigenvalue weighted by molar-refractivity contribution is 6.15. The molecule has 1 heteroatoms. The van der Waals surface area contributed by atoms with Gasteiger partial charge in [-0.25, -0.2) is 0 Å². The van der Waals surface area contributed by atoms with Crippen molar-refractivity contribution in [2.45, 2.75) is 31.7 Å². The second-order valence-corrected chi connectivity index (χ2v) is 5.55. The van der Waals surface area contributed by atoms with Crippen LogP contribution in [0.1, 0.15) is 32.3 Å². The first-order valence-electron chi connectivity index (χ1n) is 4.78. The second-order valence-electron chi connectivity index (χ2n) is 3.63. The summed E-state index contributed by atoms with van der Waals surface area (Å²) in [7, 11) is 1.26. The Morgan fingerprint density at radius 1 is 1.08 bits per heavy atom. The quantitative estimate of drug-likeness (QED) is 0.622. The third-order valence-corrected chi connectivity index (χ3v) is 5.02. The van der Waals surface area contributed by atoms with E-state index < -0.39 is 0 Å². The maximum atomic E-state index is 2.30. The molecule has 0 spiro atoms. The van der Waals surface area contributed by atoms with Crippen LogP contribution in [0.2, 0.25) is 0 Å².